The van der Waals surface area contributed by atoms with Crippen LogP contribution in [0.1, 0.15) is 35.0 Å². The van der Waals surface area contributed by atoms with Crippen LogP contribution in [-0.2, 0) is 25.3 Å². The molecule has 1 fully saturated rings. The number of nitrogens with zero attached hydrogens (tertiary/aromatic N) is 5. The molecule has 130 valence electrons. The van der Waals surface area contributed by atoms with E-state index in [0.717, 1.165) is 36.5 Å². The van der Waals surface area contributed by atoms with Gasteiger partial charge in [-0.1, -0.05) is 0 Å². The maximum Gasteiger partial charge on any atom is 0.223 e. The van der Waals surface area contributed by atoms with Gasteiger partial charge in [0.1, 0.15) is 0 Å². The number of nitrogens with one attached hydrogen (secondary N) is 1. The lowest BCUT2D eigenvalue weighted by Gasteiger charge is -2.33. The molecule has 0 aromatic carbocycles. The average Bonchev–Trinajstić information content (AvgIpc) is 3.10. The SMILES string of the molecule is Cc1nn(C)c(C)c1CCC(=O)N1CCNC(c2cnn(C)c2)C1. The first-order valence-corrected chi connectivity index (χ1v) is 8.44. The average molecular weight is 330 g/mol. The first kappa shape index (κ1) is 16.7. The molecule has 7 nitrogen and oxygen atoms in total. The van der Waals surface area contributed by atoms with Gasteiger partial charge in [-0.25, -0.2) is 0 Å². The van der Waals surface area contributed by atoms with Gasteiger partial charge in [0, 0.05) is 57.6 Å². The number of hydrogen-bond acceptors (Lipinski definition) is 4. The van der Waals surface area contributed by atoms with E-state index in [0.29, 0.717) is 13.0 Å². The Labute approximate surface area is 142 Å². The van der Waals surface area contributed by atoms with Crippen LogP contribution in [0, 0.1) is 13.8 Å². The number of carbonyl (C=O) groups is 1. The molecule has 1 N–H and O–H groups in total. The predicted molar refractivity (Wildman–Crippen MR) is 91.5 cm³/mol. The molecule has 0 saturated carbocycles. The van der Waals surface area contributed by atoms with E-state index in [-0.39, 0.29) is 11.9 Å². The molecule has 0 radical (unpaired) electrons. The van der Waals surface area contributed by atoms with E-state index in [4.69, 9.17) is 0 Å². The van der Waals surface area contributed by atoms with E-state index in [9.17, 15) is 4.79 Å². The Morgan fingerprint density at radius 3 is 2.79 bits per heavy atom. The predicted octanol–water partition coefficient (Wildman–Crippen LogP) is 0.876. The van der Waals surface area contributed by atoms with Crippen LogP contribution in [0.15, 0.2) is 12.4 Å². The van der Waals surface area contributed by atoms with E-state index in [1.165, 1.54) is 5.56 Å². The fourth-order valence-corrected chi connectivity index (χ4v) is 3.39. The molecule has 3 rings (SSSR count). The van der Waals surface area contributed by atoms with Crippen LogP contribution in [0.3, 0.4) is 0 Å². The van der Waals surface area contributed by atoms with Gasteiger partial charge in [0.25, 0.3) is 0 Å². The summed E-state index contributed by atoms with van der Waals surface area (Å²) in [6.07, 6.45) is 5.17. The normalized spacial score (nSPS) is 18.2. The van der Waals surface area contributed by atoms with Crippen molar-refractivity contribution in [2.24, 2.45) is 14.1 Å². The Balaban J connectivity index is 1.60. The molecule has 1 aliphatic rings. The summed E-state index contributed by atoms with van der Waals surface area (Å²) in [5, 5.41) is 12.1. The molecule has 3 heterocycles. The quantitative estimate of drug-likeness (QED) is 0.903. The maximum atomic E-state index is 12.6. The van der Waals surface area contributed by atoms with E-state index >= 15 is 0 Å². The Bertz CT molecular complexity index is 732. The van der Waals surface area contributed by atoms with Crippen LogP contribution >= 0.6 is 0 Å². The minimum absolute atomic E-state index is 0.165. The van der Waals surface area contributed by atoms with E-state index in [2.05, 4.69) is 22.4 Å². The summed E-state index contributed by atoms with van der Waals surface area (Å²) < 4.78 is 3.68. The smallest absolute Gasteiger partial charge is 0.223 e. The Morgan fingerprint density at radius 2 is 2.17 bits per heavy atom. The monoisotopic (exact) mass is 330 g/mol. The molecule has 0 spiro atoms. The molecule has 1 amide bonds. The zero-order valence-corrected chi connectivity index (χ0v) is 14.9. The van der Waals surface area contributed by atoms with Crippen molar-refractivity contribution in [1.82, 2.24) is 29.8 Å². The van der Waals surface area contributed by atoms with Crippen LogP contribution < -0.4 is 5.32 Å². The van der Waals surface area contributed by atoms with Crippen molar-refractivity contribution in [1.29, 1.82) is 0 Å². The molecular formula is C17H26N6O. The summed E-state index contributed by atoms with van der Waals surface area (Å²) in [4.78, 5) is 14.6. The topological polar surface area (TPSA) is 68.0 Å². The van der Waals surface area contributed by atoms with Crippen LogP contribution in [0.4, 0.5) is 0 Å². The third-order valence-corrected chi connectivity index (χ3v) is 4.90. The zero-order valence-electron chi connectivity index (χ0n) is 14.9. The largest absolute Gasteiger partial charge is 0.340 e. The van der Waals surface area contributed by atoms with Crippen molar-refractivity contribution in [3.63, 3.8) is 0 Å². The van der Waals surface area contributed by atoms with Crippen molar-refractivity contribution in [3.05, 3.63) is 34.9 Å². The highest BCUT2D eigenvalue weighted by molar-refractivity contribution is 5.76. The number of rotatable bonds is 4. The van der Waals surface area contributed by atoms with Gasteiger partial charge >= 0.3 is 0 Å². The summed E-state index contributed by atoms with van der Waals surface area (Å²) in [5.41, 5.74) is 4.50. The van der Waals surface area contributed by atoms with Crippen molar-refractivity contribution < 1.29 is 4.79 Å². The number of carbonyl (C=O) groups excluding carboxylic acids is 1. The molecule has 0 aliphatic carbocycles. The van der Waals surface area contributed by atoms with Gasteiger partial charge in [-0.15, -0.1) is 0 Å². The standard InChI is InChI=1S/C17H26N6O/c1-12-15(13(2)22(4)20-12)5-6-17(24)23-8-7-18-16(11-23)14-9-19-21(3)10-14/h9-10,16,18H,5-8,11H2,1-4H3. The molecule has 2 aromatic heterocycles. The molecule has 1 aliphatic heterocycles. The van der Waals surface area contributed by atoms with E-state index < -0.39 is 0 Å². The summed E-state index contributed by atoms with van der Waals surface area (Å²) in [7, 11) is 3.86. The third kappa shape index (κ3) is 3.36. The number of aryl methyl sites for hydroxylation is 3. The highest BCUT2D eigenvalue weighted by atomic mass is 16.2. The second kappa shape index (κ2) is 6.76. The maximum absolute atomic E-state index is 12.6. The highest BCUT2D eigenvalue weighted by Crippen LogP contribution is 2.19. The molecule has 1 atom stereocenters. The summed E-state index contributed by atoms with van der Waals surface area (Å²) >= 11 is 0. The van der Waals surface area contributed by atoms with Crippen LogP contribution in [0.25, 0.3) is 0 Å². The highest BCUT2D eigenvalue weighted by Gasteiger charge is 2.25. The first-order chi connectivity index (χ1) is 11.5. The summed E-state index contributed by atoms with van der Waals surface area (Å²) in [5.74, 6) is 0.216. The lowest BCUT2D eigenvalue weighted by molar-refractivity contribution is -0.132. The third-order valence-electron chi connectivity index (χ3n) is 4.90. The molecule has 24 heavy (non-hydrogen) atoms. The van der Waals surface area contributed by atoms with Gasteiger partial charge in [-0.2, -0.15) is 10.2 Å². The van der Waals surface area contributed by atoms with Crippen LogP contribution in [-0.4, -0.2) is 50.0 Å². The van der Waals surface area contributed by atoms with Gasteiger partial charge in [-0.3, -0.25) is 14.2 Å². The lowest BCUT2D eigenvalue weighted by atomic mass is 10.1. The minimum Gasteiger partial charge on any atom is -0.340 e. The van der Waals surface area contributed by atoms with Gasteiger partial charge in [0.05, 0.1) is 17.9 Å². The van der Waals surface area contributed by atoms with E-state index in [1.54, 1.807) is 4.68 Å². The second-order valence-electron chi connectivity index (χ2n) is 6.57. The minimum atomic E-state index is 0.165. The Kier molecular flexibility index (Phi) is 4.71. The van der Waals surface area contributed by atoms with Gasteiger partial charge < -0.3 is 10.2 Å². The van der Waals surface area contributed by atoms with Crippen molar-refractivity contribution in [2.45, 2.75) is 32.7 Å². The molecular weight excluding hydrogens is 304 g/mol. The molecule has 0 bridgehead atoms. The van der Waals surface area contributed by atoms with Crippen LogP contribution in [0.5, 0.6) is 0 Å². The molecule has 1 unspecified atom stereocenters. The van der Waals surface area contributed by atoms with Gasteiger partial charge in [-0.05, 0) is 25.8 Å². The van der Waals surface area contributed by atoms with Crippen molar-refractivity contribution in [3.8, 4) is 0 Å². The van der Waals surface area contributed by atoms with Gasteiger partial charge in [0.2, 0.25) is 5.91 Å². The Hall–Kier alpha value is -2.15. The van der Waals surface area contributed by atoms with Crippen molar-refractivity contribution in [2.75, 3.05) is 19.6 Å². The Morgan fingerprint density at radius 1 is 1.38 bits per heavy atom. The summed E-state index contributed by atoms with van der Waals surface area (Å²) in [6.45, 7) is 6.35. The lowest BCUT2D eigenvalue weighted by Crippen LogP contribution is -2.48. The van der Waals surface area contributed by atoms with Crippen LogP contribution in [0.2, 0.25) is 0 Å². The fourth-order valence-electron chi connectivity index (χ4n) is 3.39. The first-order valence-electron chi connectivity index (χ1n) is 8.44. The molecule has 2 aromatic rings. The zero-order chi connectivity index (χ0) is 17.3. The number of aromatic nitrogens is 4. The molecule has 7 heteroatoms. The van der Waals surface area contributed by atoms with E-state index in [1.807, 2.05) is 43.0 Å². The second-order valence-corrected chi connectivity index (χ2v) is 6.57. The van der Waals surface area contributed by atoms with Crippen molar-refractivity contribution >= 4 is 5.91 Å². The fraction of sp³-hybridized carbons (Fsp3) is 0.588. The number of amides is 1. The number of piperazine rings is 1. The molecule has 1 saturated heterocycles. The van der Waals surface area contributed by atoms with Gasteiger partial charge in [0.15, 0.2) is 0 Å². The summed E-state index contributed by atoms with van der Waals surface area (Å²) in [6, 6.07) is 0.165. The number of hydrogen-bond donors (Lipinski definition) is 1.